The van der Waals surface area contributed by atoms with E-state index in [1.165, 1.54) is 5.56 Å². The van der Waals surface area contributed by atoms with Crippen molar-refractivity contribution in [3.05, 3.63) is 29.8 Å². The Morgan fingerprint density at radius 1 is 1.38 bits per heavy atom. The van der Waals surface area contributed by atoms with Crippen molar-refractivity contribution in [2.24, 2.45) is 16.6 Å². The highest BCUT2D eigenvalue weighted by molar-refractivity contribution is 14.0. The molecular formula is C16H28IN3O. The van der Waals surface area contributed by atoms with Crippen molar-refractivity contribution in [3.8, 4) is 5.75 Å². The molecule has 0 heterocycles. The highest BCUT2D eigenvalue weighted by Gasteiger charge is 1.98. The maximum Gasteiger partial charge on any atom is 0.188 e. The van der Waals surface area contributed by atoms with E-state index in [9.17, 15) is 0 Å². The van der Waals surface area contributed by atoms with Crippen LogP contribution in [0.3, 0.4) is 0 Å². The van der Waals surface area contributed by atoms with Crippen LogP contribution in [0.4, 0.5) is 0 Å². The van der Waals surface area contributed by atoms with E-state index >= 15 is 0 Å². The molecule has 0 bridgehead atoms. The van der Waals surface area contributed by atoms with Gasteiger partial charge in [-0.15, -0.1) is 24.0 Å². The summed E-state index contributed by atoms with van der Waals surface area (Å²) in [5.74, 6) is 2.11. The minimum absolute atomic E-state index is 0. The van der Waals surface area contributed by atoms with Crippen molar-refractivity contribution >= 4 is 29.9 Å². The predicted molar refractivity (Wildman–Crippen MR) is 101 cm³/mol. The van der Waals surface area contributed by atoms with E-state index in [1.807, 2.05) is 19.1 Å². The van der Waals surface area contributed by atoms with E-state index < -0.39 is 0 Å². The molecule has 0 aliphatic carbocycles. The summed E-state index contributed by atoms with van der Waals surface area (Å²) < 4.78 is 5.48. The average molecular weight is 405 g/mol. The van der Waals surface area contributed by atoms with Crippen LogP contribution < -0.4 is 15.8 Å². The predicted octanol–water partition coefficient (Wildman–Crippen LogP) is 3.20. The largest absolute Gasteiger partial charge is 0.494 e. The number of benzene rings is 1. The lowest BCUT2D eigenvalue weighted by atomic mass is 10.1. The number of rotatable bonds is 8. The summed E-state index contributed by atoms with van der Waals surface area (Å²) in [4.78, 5) is 4.30. The highest BCUT2D eigenvalue weighted by Crippen LogP contribution is 2.13. The van der Waals surface area contributed by atoms with Crippen LogP contribution in [0.1, 0.15) is 32.8 Å². The molecule has 0 fully saturated rings. The van der Waals surface area contributed by atoms with Gasteiger partial charge in [-0.2, -0.15) is 0 Å². The average Bonchev–Trinajstić information content (AvgIpc) is 2.39. The van der Waals surface area contributed by atoms with E-state index in [0.29, 0.717) is 18.5 Å². The molecule has 1 rings (SSSR count). The zero-order valence-corrected chi connectivity index (χ0v) is 15.6. The lowest BCUT2D eigenvalue weighted by molar-refractivity contribution is 0.340. The molecule has 1 aromatic carbocycles. The third kappa shape index (κ3) is 9.55. The Bertz CT molecular complexity index is 422. The first kappa shape index (κ1) is 20.0. The zero-order chi connectivity index (χ0) is 14.8. The van der Waals surface area contributed by atoms with Crippen molar-refractivity contribution in [2.45, 2.75) is 33.6 Å². The summed E-state index contributed by atoms with van der Waals surface area (Å²) in [5, 5.41) is 3.14. The van der Waals surface area contributed by atoms with E-state index in [1.54, 1.807) is 0 Å². The zero-order valence-electron chi connectivity index (χ0n) is 13.3. The van der Waals surface area contributed by atoms with Gasteiger partial charge < -0.3 is 15.8 Å². The van der Waals surface area contributed by atoms with Gasteiger partial charge in [0, 0.05) is 13.1 Å². The molecule has 0 amide bonds. The monoisotopic (exact) mass is 405 g/mol. The molecule has 0 atom stereocenters. The molecule has 3 N–H and O–H groups in total. The second kappa shape index (κ2) is 11.7. The van der Waals surface area contributed by atoms with Crippen molar-refractivity contribution in [1.82, 2.24) is 5.32 Å². The molecule has 1 aromatic rings. The van der Waals surface area contributed by atoms with Crippen LogP contribution in [0.2, 0.25) is 0 Å². The molecule has 21 heavy (non-hydrogen) atoms. The van der Waals surface area contributed by atoms with Gasteiger partial charge in [0.15, 0.2) is 5.96 Å². The number of nitrogens with zero attached hydrogens (tertiary/aromatic N) is 1. The van der Waals surface area contributed by atoms with Gasteiger partial charge in [-0.05, 0) is 43.4 Å². The van der Waals surface area contributed by atoms with Crippen LogP contribution in [0.5, 0.6) is 5.75 Å². The summed E-state index contributed by atoms with van der Waals surface area (Å²) in [7, 11) is 0. The maximum atomic E-state index is 5.82. The SMILES string of the molecule is CCOc1cccc(CCNC(N)=NCCC(C)C)c1.I. The first-order chi connectivity index (χ1) is 9.61. The van der Waals surface area contributed by atoms with Gasteiger partial charge in [0.05, 0.1) is 6.61 Å². The smallest absolute Gasteiger partial charge is 0.188 e. The molecule has 120 valence electrons. The molecule has 0 radical (unpaired) electrons. The number of guanidine groups is 1. The van der Waals surface area contributed by atoms with Crippen LogP contribution in [-0.2, 0) is 6.42 Å². The Kier molecular flexibility index (Phi) is 11.1. The fourth-order valence-electron chi connectivity index (χ4n) is 1.79. The van der Waals surface area contributed by atoms with Gasteiger partial charge >= 0.3 is 0 Å². The number of aliphatic imine (C=N–C) groups is 1. The first-order valence-corrected chi connectivity index (χ1v) is 7.37. The van der Waals surface area contributed by atoms with E-state index in [2.05, 4.69) is 36.3 Å². The third-order valence-corrected chi connectivity index (χ3v) is 2.92. The summed E-state index contributed by atoms with van der Waals surface area (Å²) in [5.41, 5.74) is 7.05. The maximum absolute atomic E-state index is 5.82. The van der Waals surface area contributed by atoms with Gasteiger partial charge in [-0.3, -0.25) is 4.99 Å². The normalized spacial score (nSPS) is 11.1. The van der Waals surface area contributed by atoms with Crippen LogP contribution in [0.15, 0.2) is 29.3 Å². The fourth-order valence-corrected chi connectivity index (χ4v) is 1.79. The lowest BCUT2D eigenvalue weighted by Gasteiger charge is -2.08. The number of halogens is 1. The molecule has 0 aliphatic rings. The molecule has 0 saturated carbocycles. The number of nitrogens with one attached hydrogen (secondary N) is 1. The van der Waals surface area contributed by atoms with Crippen LogP contribution in [-0.4, -0.2) is 25.7 Å². The van der Waals surface area contributed by atoms with Crippen LogP contribution >= 0.6 is 24.0 Å². The molecule has 0 unspecified atom stereocenters. The fraction of sp³-hybridized carbons (Fsp3) is 0.562. The molecular weight excluding hydrogens is 377 g/mol. The second-order valence-electron chi connectivity index (χ2n) is 5.21. The van der Waals surface area contributed by atoms with E-state index in [4.69, 9.17) is 10.5 Å². The Balaban J connectivity index is 0.00000400. The minimum Gasteiger partial charge on any atom is -0.494 e. The quantitative estimate of drug-likeness (QED) is 0.397. The standard InChI is InChI=1S/C16H27N3O.HI/c1-4-20-15-7-5-6-14(12-15)9-11-19-16(17)18-10-8-13(2)3;/h5-7,12-13H,4,8-11H2,1-3H3,(H3,17,18,19);1H. The number of hydrogen-bond donors (Lipinski definition) is 2. The summed E-state index contributed by atoms with van der Waals surface area (Å²) in [6.07, 6.45) is 1.97. The topological polar surface area (TPSA) is 59.6 Å². The lowest BCUT2D eigenvalue weighted by Crippen LogP contribution is -2.33. The summed E-state index contributed by atoms with van der Waals surface area (Å²) >= 11 is 0. The van der Waals surface area contributed by atoms with Crippen LogP contribution in [0.25, 0.3) is 0 Å². The van der Waals surface area contributed by atoms with Crippen molar-refractivity contribution in [3.63, 3.8) is 0 Å². The van der Waals surface area contributed by atoms with Crippen molar-refractivity contribution < 1.29 is 4.74 Å². The summed E-state index contributed by atoms with van der Waals surface area (Å²) in [6, 6.07) is 8.15. The van der Waals surface area contributed by atoms with E-state index in [-0.39, 0.29) is 24.0 Å². The molecule has 4 nitrogen and oxygen atoms in total. The van der Waals surface area contributed by atoms with Gasteiger partial charge in [-0.1, -0.05) is 26.0 Å². The second-order valence-corrected chi connectivity index (χ2v) is 5.21. The number of hydrogen-bond acceptors (Lipinski definition) is 2. The third-order valence-electron chi connectivity index (χ3n) is 2.92. The summed E-state index contributed by atoms with van der Waals surface area (Å²) in [6.45, 7) is 8.62. The Morgan fingerprint density at radius 3 is 2.81 bits per heavy atom. The Hall–Kier alpha value is -0.980. The minimum atomic E-state index is 0. The number of ether oxygens (including phenoxy) is 1. The highest BCUT2D eigenvalue weighted by atomic mass is 127. The van der Waals surface area contributed by atoms with Gasteiger partial charge in [-0.25, -0.2) is 0 Å². The van der Waals surface area contributed by atoms with Gasteiger partial charge in [0.2, 0.25) is 0 Å². The van der Waals surface area contributed by atoms with Crippen molar-refractivity contribution in [2.75, 3.05) is 19.7 Å². The molecule has 5 heteroatoms. The first-order valence-electron chi connectivity index (χ1n) is 7.37. The van der Waals surface area contributed by atoms with Gasteiger partial charge in [0.1, 0.15) is 5.75 Å². The van der Waals surface area contributed by atoms with Crippen LogP contribution in [0, 0.1) is 5.92 Å². The van der Waals surface area contributed by atoms with Crippen molar-refractivity contribution in [1.29, 1.82) is 0 Å². The molecule has 0 aromatic heterocycles. The molecule has 0 spiro atoms. The molecule has 0 saturated heterocycles. The van der Waals surface area contributed by atoms with E-state index in [0.717, 1.165) is 31.7 Å². The number of nitrogens with two attached hydrogens (primary N) is 1. The Morgan fingerprint density at radius 2 is 2.14 bits per heavy atom. The Labute approximate surface area is 145 Å². The van der Waals surface area contributed by atoms with Gasteiger partial charge in [0.25, 0.3) is 0 Å². The molecule has 0 aliphatic heterocycles.